The summed E-state index contributed by atoms with van der Waals surface area (Å²) in [5.74, 6) is 0. The summed E-state index contributed by atoms with van der Waals surface area (Å²) < 4.78 is 0. The summed E-state index contributed by atoms with van der Waals surface area (Å²) >= 11 is 0. The van der Waals surface area contributed by atoms with E-state index in [2.05, 4.69) is 5.48 Å². The third kappa shape index (κ3) is 3.50. The average Bonchev–Trinajstić information content (AvgIpc) is 2.38. The molecule has 0 radical (unpaired) electrons. The van der Waals surface area contributed by atoms with Gasteiger partial charge in [0.2, 0.25) is 0 Å². The second-order valence-corrected chi connectivity index (χ2v) is 3.77. The van der Waals surface area contributed by atoms with Crippen molar-refractivity contribution in [1.29, 1.82) is 0 Å². The van der Waals surface area contributed by atoms with Gasteiger partial charge in [0.1, 0.15) is 0 Å². The molecule has 0 heterocycles. The maximum atomic E-state index is 5.84. The Labute approximate surface area is 101 Å². The van der Waals surface area contributed by atoms with E-state index < -0.39 is 0 Å². The molecule has 0 spiro atoms. The van der Waals surface area contributed by atoms with E-state index in [1.165, 1.54) is 0 Å². The lowest BCUT2D eigenvalue weighted by molar-refractivity contribution is 0.197. The van der Waals surface area contributed by atoms with Crippen LogP contribution in [0.3, 0.4) is 0 Å². The van der Waals surface area contributed by atoms with Crippen molar-refractivity contribution in [3.63, 3.8) is 0 Å². The molecule has 3 heteroatoms. The van der Waals surface area contributed by atoms with Crippen LogP contribution in [0.5, 0.6) is 0 Å². The molecular weight excluding hydrogens is 212 g/mol. The summed E-state index contributed by atoms with van der Waals surface area (Å²) in [4.78, 5) is 5.37. The highest BCUT2D eigenvalue weighted by atomic mass is 16.6. The zero-order valence-electron chi connectivity index (χ0n) is 9.60. The molecule has 0 aliphatic carbocycles. The van der Waals surface area contributed by atoms with Gasteiger partial charge in [-0.3, -0.25) is 10.3 Å². The van der Waals surface area contributed by atoms with Crippen LogP contribution in [0.15, 0.2) is 54.6 Å². The molecule has 2 aromatic carbocycles. The minimum Gasteiger partial charge on any atom is -0.399 e. The summed E-state index contributed by atoms with van der Waals surface area (Å²) in [6, 6.07) is 17.6. The Balaban J connectivity index is 1.76. The van der Waals surface area contributed by atoms with Crippen molar-refractivity contribution in [3.05, 3.63) is 60.2 Å². The largest absolute Gasteiger partial charge is 0.399 e. The molecule has 17 heavy (non-hydrogen) atoms. The van der Waals surface area contributed by atoms with Gasteiger partial charge in [-0.25, -0.2) is 0 Å². The summed E-state index contributed by atoms with van der Waals surface area (Å²) in [6.45, 7) is 0.586. The maximum Gasteiger partial charge on any atom is 0.0787 e. The molecule has 0 saturated carbocycles. The Bertz CT molecular complexity index is 457. The van der Waals surface area contributed by atoms with Gasteiger partial charge < -0.3 is 5.73 Å². The van der Waals surface area contributed by atoms with Crippen LogP contribution in [-0.2, 0) is 11.3 Å². The molecule has 3 nitrogen and oxygen atoms in total. The fourth-order valence-electron chi connectivity index (χ4n) is 1.56. The number of para-hydroxylation sites is 2. The number of nitrogen functional groups attached to an aromatic ring is 1. The van der Waals surface area contributed by atoms with Crippen LogP contribution in [0.25, 0.3) is 0 Å². The molecule has 0 amide bonds. The fraction of sp³-hybridized carbons (Fsp3) is 0.143. The Morgan fingerprint density at radius 3 is 2.41 bits per heavy atom. The van der Waals surface area contributed by atoms with Crippen molar-refractivity contribution in [2.75, 3.05) is 17.8 Å². The molecule has 0 fully saturated rings. The first-order valence-corrected chi connectivity index (χ1v) is 5.62. The number of anilines is 2. The number of hydrogen-bond donors (Lipinski definition) is 2. The molecule has 2 rings (SSSR count). The van der Waals surface area contributed by atoms with Gasteiger partial charge in [0.25, 0.3) is 0 Å². The number of nitrogens with one attached hydrogen (secondary N) is 1. The second-order valence-electron chi connectivity index (χ2n) is 3.77. The third-order valence-corrected chi connectivity index (χ3v) is 2.49. The standard InChI is InChI=1S/C14H16N2O/c15-14-9-5-4-6-12(14)10-11-17-16-13-7-2-1-3-8-13/h1-9,16H,10-11,15H2. The fourth-order valence-corrected chi connectivity index (χ4v) is 1.56. The van der Waals surface area contributed by atoms with Gasteiger partial charge in [-0.2, -0.15) is 0 Å². The Morgan fingerprint density at radius 2 is 1.65 bits per heavy atom. The second kappa shape index (κ2) is 5.92. The predicted molar refractivity (Wildman–Crippen MR) is 70.6 cm³/mol. The van der Waals surface area contributed by atoms with Gasteiger partial charge in [0, 0.05) is 12.1 Å². The van der Waals surface area contributed by atoms with E-state index in [4.69, 9.17) is 10.6 Å². The van der Waals surface area contributed by atoms with Crippen LogP contribution < -0.4 is 11.2 Å². The van der Waals surface area contributed by atoms with Crippen LogP contribution in [0.4, 0.5) is 11.4 Å². The molecule has 88 valence electrons. The molecule has 0 aliphatic heterocycles. The maximum absolute atomic E-state index is 5.84. The van der Waals surface area contributed by atoms with Crippen LogP contribution >= 0.6 is 0 Å². The first-order chi connectivity index (χ1) is 8.36. The zero-order chi connectivity index (χ0) is 11.9. The highest BCUT2D eigenvalue weighted by Crippen LogP contribution is 2.11. The molecule has 0 bridgehead atoms. The van der Waals surface area contributed by atoms with Gasteiger partial charge in [-0.15, -0.1) is 0 Å². The Kier molecular flexibility index (Phi) is 4.00. The van der Waals surface area contributed by atoms with Crippen molar-refractivity contribution in [1.82, 2.24) is 0 Å². The van der Waals surface area contributed by atoms with Crippen molar-refractivity contribution in [2.24, 2.45) is 0 Å². The number of hydrogen-bond acceptors (Lipinski definition) is 3. The molecule has 0 saturated heterocycles. The van der Waals surface area contributed by atoms with E-state index in [0.717, 1.165) is 23.4 Å². The molecular formula is C14H16N2O. The summed E-state index contributed by atoms with van der Waals surface area (Å²) in [7, 11) is 0. The highest BCUT2D eigenvalue weighted by Gasteiger charge is 1.97. The van der Waals surface area contributed by atoms with Crippen molar-refractivity contribution in [3.8, 4) is 0 Å². The molecule has 0 aromatic heterocycles. The van der Waals surface area contributed by atoms with Gasteiger partial charge in [-0.1, -0.05) is 36.4 Å². The molecule has 0 atom stereocenters. The van der Waals surface area contributed by atoms with E-state index in [1.807, 2.05) is 54.6 Å². The zero-order valence-corrected chi connectivity index (χ0v) is 9.60. The van der Waals surface area contributed by atoms with Crippen molar-refractivity contribution < 1.29 is 4.84 Å². The molecule has 2 aromatic rings. The van der Waals surface area contributed by atoms with Gasteiger partial charge >= 0.3 is 0 Å². The first kappa shape index (κ1) is 11.5. The topological polar surface area (TPSA) is 47.3 Å². The van der Waals surface area contributed by atoms with Crippen LogP contribution in [0.1, 0.15) is 5.56 Å². The molecule has 0 aliphatic rings. The SMILES string of the molecule is Nc1ccccc1CCONc1ccccc1. The average molecular weight is 228 g/mol. The lowest BCUT2D eigenvalue weighted by Gasteiger charge is -2.08. The number of benzene rings is 2. The lowest BCUT2D eigenvalue weighted by atomic mass is 10.1. The van der Waals surface area contributed by atoms with E-state index in [-0.39, 0.29) is 0 Å². The van der Waals surface area contributed by atoms with Gasteiger partial charge in [0.05, 0.1) is 12.3 Å². The summed E-state index contributed by atoms with van der Waals surface area (Å²) in [5.41, 5.74) is 11.6. The number of rotatable bonds is 5. The van der Waals surface area contributed by atoms with Crippen LogP contribution in [0.2, 0.25) is 0 Å². The normalized spacial score (nSPS) is 10.1. The highest BCUT2D eigenvalue weighted by molar-refractivity contribution is 5.46. The first-order valence-electron chi connectivity index (χ1n) is 5.62. The predicted octanol–water partition coefficient (Wildman–Crippen LogP) is 2.86. The Morgan fingerprint density at radius 1 is 0.941 bits per heavy atom. The van der Waals surface area contributed by atoms with Crippen molar-refractivity contribution in [2.45, 2.75) is 6.42 Å². The van der Waals surface area contributed by atoms with Crippen LogP contribution in [0, 0.1) is 0 Å². The van der Waals surface area contributed by atoms with Crippen LogP contribution in [-0.4, -0.2) is 6.61 Å². The monoisotopic (exact) mass is 228 g/mol. The van der Waals surface area contributed by atoms with Gasteiger partial charge in [0.15, 0.2) is 0 Å². The smallest absolute Gasteiger partial charge is 0.0787 e. The van der Waals surface area contributed by atoms with E-state index in [1.54, 1.807) is 0 Å². The van der Waals surface area contributed by atoms with Gasteiger partial charge in [-0.05, 0) is 23.8 Å². The quantitative estimate of drug-likeness (QED) is 0.470. The van der Waals surface area contributed by atoms with E-state index in [0.29, 0.717) is 6.61 Å². The van der Waals surface area contributed by atoms with E-state index >= 15 is 0 Å². The van der Waals surface area contributed by atoms with E-state index in [9.17, 15) is 0 Å². The molecule has 0 unspecified atom stereocenters. The minimum absolute atomic E-state index is 0.586. The minimum atomic E-state index is 0.586. The number of nitrogens with two attached hydrogens (primary N) is 1. The third-order valence-electron chi connectivity index (χ3n) is 2.49. The van der Waals surface area contributed by atoms with Crippen molar-refractivity contribution >= 4 is 11.4 Å². The Hall–Kier alpha value is -2.00. The molecule has 3 N–H and O–H groups in total. The summed E-state index contributed by atoms with van der Waals surface area (Å²) in [5, 5.41) is 0. The lowest BCUT2D eigenvalue weighted by Crippen LogP contribution is -2.06. The summed E-state index contributed by atoms with van der Waals surface area (Å²) in [6.07, 6.45) is 0.798.